The molecule has 0 saturated heterocycles. The monoisotopic (exact) mass is 257 g/mol. The molecule has 0 radical (unpaired) electrons. The van der Waals surface area contributed by atoms with E-state index in [0.717, 1.165) is 21.4 Å². The van der Waals surface area contributed by atoms with Crippen LogP contribution in [-0.4, -0.2) is 11.9 Å². The average molecular weight is 257 g/mol. The van der Waals surface area contributed by atoms with Crippen molar-refractivity contribution in [3.05, 3.63) is 35.2 Å². The smallest absolute Gasteiger partial charge is 0.261 e. The predicted molar refractivity (Wildman–Crippen MR) is 76.8 cm³/mol. The first-order chi connectivity index (χ1) is 8.74. The van der Waals surface area contributed by atoms with E-state index in [9.17, 15) is 4.79 Å². The van der Waals surface area contributed by atoms with Gasteiger partial charge in [0.2, 0.25) is 0 Å². The van der Waals surface area contributed by atoms with Gasteiger partial charge in [0.1, 0.15) is 0 Å². The van der Waals surface area contributed by atoms with Gasteiger partial charge in [0, 0.05) is 17.2 Å². The molecule has 0 aliphatic carbocycles. The molecule has 1 unspecified atom stereocenters. The first-order valence-corrected chi connectivity index (χ1v) is 6.79. The molecule has 1 heterocycles. The maximum Gasteiger partial charge on any atom is 0.261 e. The van der Waals surface area contributed by atoms with Crippen molar-refractivity contribution >= 4 is 27.3 Å². The Labute approximate surface area is 111 Å². The number of hydrogen-bond acceptors (Lipinski definition) is 2. The molecule has 92 valence electrons. The second-order valence-corrected chi connectivity index (χ2v) is 5.22. The fraction of sp³-hybridized carbons (Fsp3) is 0.267. The summed E-state index contributed by atoms with van der Waals surface area (Å²) in [6, 6.07) is 9.99. The summed E-state index contributed by atoms with van der Waals surface area (Å²) in [5.41, 5.74) is 0. The highest BCUT2D eigenvalue weighted by Crippen LogP contribution is 2.25. The molecule has 2 nitrogen and oxygen atoms in total. The van der Waals surface area contributed by atoms with Crippen LogP contribution in [0.1, 0.15) is 29.4 Å². The number of nitrogens with one attached hydrogen (secondary N) is 1. The number of thiophene rings is 1. The maximum atomic E-state index is 12.1. The number of benzene rings is 1. The molecule has 1 atom stereocenters. The summed E-state index contributed by atoms with van der Waals surface area (Å²) >= 11 is 1.51. The Morgan fingerprint density at radius 1 is 1.50 bits per heavy atom. The first-order valence-electron chi connectivity index (χ1n) is 5.97. The molecule has 3 heteroatoms. The molecule has 0 bridgehead atoms. The lowest BCUT2D eigenvalue weighted by atomic mass is 10.1. The third-order valence-corrected chi connectivity index (χ3v) is 3.96. The number of carbonyl (C=O) groups excluding carboxylic acids is 1. The normalized spacial score (nSPS) is 12.0. The molecule has 1 N–H and O–H groups in total. The van der Waals surface area contributed by atoms with Crippen molar-refractivity contribution in [2.24, 2.45) is 0 Å². The van der Waals surface area contributed by atoms with Crippen molar-refractivity contribution < 1.29 is 4.79 Å². The Kier molecular flexibility index (Phi) is 4.01. The van der Waals surface area contributed by atoms with Crippen molar-refractivity contribution in [2.75, 3.05) is 0 Å². The number of fused-ring (bicyclic) bond motifs is 1. The van der Waals surface area contributed by atoms with Crippen molar-refractivity contribution in [2.45, 2.75) is 25.8 Å². The summed E-state index contributed by atoms with van der Waals surface area (Å²) in [6.07, 6.45) is 6.71. The second-order valence-electron chi connectivity index (χ2n) is 4.14. The van der Waals surface area contributed by atoms with Crippen LogP contribution in [0.5, 0.6) is 0 Å². The van der Waals surface area contributed by atoms with Crippen molar-refractivity contribution in [1.29, 1.82) is 0 Å². The van der Waals surface area contributed by atoms with E-state index in [4.69, 9.17) is 6.42 Å². The molecule has 1 aromatic heterocycles. The van der Waals surface area contributed by atoms with Gasteiger partial charge in [-0.15, -0.1) is 23.7 Å². The lowest BCUT2D eigenvalue weighted by molar-refractivity contribution is 0.0941. The molecule has 0 aliphatic rings. The lowest BCUT2D eigenvalue weighted by Crippen LogP contribution is -2.33. The minimum Gasteiger partial charge on any atom is -0.348 e. The van der Waals surface area contributed by atoms with Crippen LogP contribution in [0.3, 0.4) is 0 Å². The minimum absolute atomic E-state index is 0.0294. The van der Waals surface area contributed by atoms with Gasteiger partial charge in [-0.2, -0.15) is 0 Å². The quantitative estimate of drug-likeness (QED) is 0.835. The highest BCUT2D eigenvalue weighted by Gasteiger charge is 2.13. The summed E-state index contributed by atoms with van der Waals surface area (Å²) < 4.78 is 1.13. The minimum atomic E-state index is -0.0294. The standard InChI is InChI=1S/C15H15NOS/c1-3-7-12(4-2)16-15(17)14-10-11-8-5-6-9-13(11)18-14/h1,5-6,8-10,12H,4,7H2,2H3,(H,16,17). The third kappa shape index (κ3) is 2.72. The van der Waals surface area contributed by atoms with Crippen LogP contribution < -0.4 is 5.32 Å². The van der Waals surface area contributed by atoms with Gasteiger partial charge >= 0.3 is 0 Å². The van der Waals surface area contributed by atoms with Gasteiger partial charge < -0.3 is 5.32 Å². The van der Waals surface area contributed by atoms with Crippen molar-refractivity contribution in [1.82, 2.24) is 5.32 Å². The Balaban J connectivity index is 2.16. The van der Waals surface area contributed by atoms with Crippen LogP contribution in [-0.2, 0) is 0 Å². The zero-order chi connectivity index (χ0) is 13.0. The molecular formula is C15H15NOS. The zero-order valence-electron chi connectivity index (χ0n) is 10.3. The van der Waals surface area contributed by atoms with Gasteiger partial charge in [-0.3, -0.25) is 4.79 Å². The average Bonchev–Trinajstić information content (AvgIpc) is 2.82. The first kappa shape index (κ1) is 12.7. The van der Waals surface area contributed by atoms with Crippen LogP contribution in [0.4, 0.5) is 0 Å². The Morgan fingerprint density at radius 3 is 2.94 bits per heavy atom. The summed E-state index contributed by atoms with van der Waals surface area (Å²) in [6.45, 7) is 2.02. The molecule has 0 aliphatic heterocycles. The number of carbonyl (C=O) groups is 1. The number of amides is 1. The van der Waals surface area contributed by atoms with E-state index in [1.165, 1.54) is 11.3 Å². The van der Waals surface area contributed by atoms with Crippen LogP contribution in [0.15, 0.2) is 30.3 Å². The SMILES string of the molecule is C#CCC(CC)NC(=O)c1cc2ccccc2s1. The lowest BCUT2D eigenvalue weighted by Gasteiger charge is -2.12. The van der Waals surface area contributed by atoms with Gasteiger partial charge in [0.05, 0.1) is 4.88 Å². The molecule has 1 aromatic carbocycles. The van der Waals surface area contributed by atoms with E-state index < -0.39 is 0 Å². The molecule has 0 spiro atoms. The Hall–Kier alpha value is -1.79. The van der Waals surface area contributed by atoms with Crippen LogP contribution in [0, 0.1) is 12.3 Å². The van der Waals surface area contributed by atoms with E-state index in [1.54, 1.807) is 0 Å². The van der Waals surface area contributed by atoms with Crippen molar-refractivity contribution in [3.63, 3.8) is 0 Å². The largest absolute Gasteiger partial charge is 0.348 e. The number of rotatable bonds is 4. The Bertz CT molecular complexity index is 561. The number of terminal acetylenes is 1. The van der Waals surface area contributed by atoms with Crippen LogP contribution in [0.2, 0.25) is 0 Å². The van der Waals surface area contributed by atoms with Gasteiger partial charge in [0.25, 0.3) is 5.91 Å². The fourth-order valence-corrected chi connectivity index (χ4v) is 2.76. The van der Waals surface area contributed by atoms with Crippen molar-refractivity contribution in [3.8, 4) is 12.3 Å². The topological polar surface area (TPSA) is 29.1 Å². The molecule has 0 fully saturated rings. The highest BCUT2D eigenvalue weighted by molar-refractivity contribution is 7.20. The fourth-order valence-electron chi connectivity index (χ4n) is 1.79. The molecule has 2 rings (SSSR count). The van der Waals surface area contributed by atoms with E-state index >= 15 is 0 Å². The van der Waals surface area contributed by atoms with Gasteiger partial charge in [-0.1, -0.05) is 25.1 Å². The molecule has 0 saturated carbocycles. The van der Waals surface area contributed by atoms with Crippen LogP contribution in [0.25, 0.3) is 10.1 Å². The summed E-state index contributed by atoms with van der Waals surface area (Å²) in [7, 11) is 0. The predicted octanol–water partition coefficient (Wildman–Crippen LogP) is 3.43. The summed E-state index contributed by atoms with van der Waals surface area (Å²) in [4.78, 5) is 12.8. The van der Waals surface area contributed by atoms with E-state index in [2.05, 4.69) is 11.2 Å². The molecule has 18 heavy (non-hydrogen) atoms. The highest BCUT2D eigenvalue weighted by atomic mass is 32.1. The third-order valence-electron chi connectivity index (χ3n) is 2.84. The summed E-state index contributed by atoms with van der Waals surface area (Å²) in [5.74, 6) is 2.56. The van der Waals surface area contributed by atoms with Gasteiger partial charge in [-0.05, 0) is 23.9 Å². The van der Waals surface area contributed by atoms with E-state index in [-0.39, 0.29) is 11.9 Å². The zero-order valence-corrected chi connectivity index (χ0v) is 11.1. The van der Waals surface area contributed by atoms with Crippen LogP contribution >= 0.6 is 11.3 Å². The molecule has 2 aromatic rings. The van der Waals surface area contributed by atoms with E-state index in [1.807, 2.05) is 37.3 Å². The second kappa shape index (κ2) is 5.70. The number of hydrogen-bond donors (Lipinski definition) is 1. The summed E-state index contributed by atoms with van der Waals surface area (Å²) in [5, 5.41) is 4.08. The Morgan fingerprint density at radius 2 is 2.28 bits per heavy atom. The van der Waals surface area contributed by atoms with Gasteiger partial charge in [0.15, 0.2) is 0 Å². The molecule has 1 amide bonds. The maximum absolute atomic E-state index is 12.1. The van der Waals surface area contributed by atoms with Gasteiger partial charge in [-0.25, -0.2) is 0 Å². The molecular weight excluding hydrogens is 242 g/mol. The van der Waals surface area contributed by atoms with E-state index in [0.29, 0.717) is 6.42 Å².